The number of likely N-dealkylation sites (tertiary alicyclic amines) is 1. The van der Waals surface area contributed by atoms with E-state index in [0.717, 1.165) is 25.3 Å². The van der Waals surface area contributed by atoms with Gasteiger partial charge < -0.3 is 29.8 Å². The van der Waals surface area contributed by atoms with Crippen molar-refractivity contribution in [1.29, 1.82) is 0 Å². The van der Waals surface area contributed by atoms with Gasteiger partial charge in [0.05, 0.1) is 18.4 Å². The first-order valence-corrected chi connectivity index (χ1v) is 11.1. The molecule has 1 amide bonds. The Morgan fingerprint density at radius 2 is 1.97 bits per heavy atom. The molecule has 2 aliphatic heterocycles. The molecule has 0 spiro atoms. The van der Waals surface area contributed by atoms with Crippen LogP contribution in [0.1, 0.15) is 48.0 Å². The number of phenolic OH excluding ortho intramolecular Hbond substituents is 2. The number of rotatable bonds is 3. The van der Waals surface area contributed by atoms with Gasteiger partial charge in [-0.3, -0.25) is 4.79 Å². The number of piperidine rings is 1. The summed E-state index contributed by atoms with van der Waals surface area (Å²) in [5.41, 5.74) is 0.563. The third kappa shape index (κ3) is 7.35. The zero-order chi connectivity index (χ0) is 23.6. The fourth-order valence-electron chi connectivity index (χ4n) is 3.73. The predicted octanol–water partition coefficient (Wildman–Crippen LogP) is 2.45. The van der Waals surface area contributed by atoms with Gasteiger partial charge in [-0.1, -0.05) is 23.4 Å². The molecule has 0 aromatic heterocycles. The number of nitrogens with zero attached hydrogens (tertiary/aromatic N) is 2. The van der Waals surface area contributed by atoms with Crippen LogP contribution in [0.2, 0.25) is 0 Å². The minimum Gasteiger partial charge on any atom is -0.508 e. The molecule has 1 atom stereocenters. The Kier molecular flexibility index (Phi) is 8.88. The molecule has 1 aromatic rings. The van der Waals surface area contributed by atoms with Gasteiger partial charge in [0.15, 0.2) is 6.61 Å². The van der Waals surface area contributed by atoms with E-state index in [2.05, 4.69) is 5.16 Å². The van der Waals surface area contributed by atoms with Gasteiger partial charge in [-0.05, 0) is 49.8 Å². The quantitative estimate of drug-likeness (QED) is 0.360. The van der Waals surface area contributed by atoms with E-state index < -0.39 is 17.8 Å². The lowest BCUT2D eigenvalue weighted by Gasteiger charge is -2.26. The van der Waals surface area contributed by atoms with Crippen LogP contribution >= 0.6 is 0 Å². The summed E-state index contributed by atoms with van der Waals surface area (Å²) in [5, 5.41) is 34.3. The van der Waals surface area contributed by atoms with Crippen LogP contribution in [0.4, 0.5) is 0 Å². The summed E-state index contributed by atoms with van der Waals surface area (Å²) in [4.78, 5) is 32.0. The first kappa shape index (κ1) is 24.3. The second-order valence-electron chi connectivity index (χ2n) is 8.03. The molecule has 33 heavy (non-hydrogen) atoms. The molecule has 9 nitrogen and oxygen atoms in total. The van der Waals surface area contributed by atoms with Gasteiger partial charge in [0.25, 0.3) is 5.91 Å². The van der Waals surface area contributed by atoms with Crippen molar-refractivity contribution in [3.05, 3.63) is 47.6 Å². The maximum absolute atomic E-state index is 12.6. The minimum atomic E-state index is -0.738. The molecular weight excluding hydrogens is 428 g/mol. The van der Waals surface area contributed by atoms with E-state index in [-0.39, 0.29) is 36.9 Å². The van der Waals surface area contributed by atoms with Crippen molar-refractivity contribution < 1.29 is 34.5 Å². The average molecular weight is 459 g/mol. The molecule has 1 unspecified atom stereocenters. The van der Waals surface area contributed by atoms with Gasteiger partial charge >= 0.3 is 5.97 Å². The lowest BCUT2D eigenvalue weighted by molar-refractivity contribution is -0.137. The molecule has 1 saturated heterocycles. The van der Waals surface area contributed by atoms with Crippen LogP contribution < -0.4 is 0 Å². The Labute approximate surface area is 192 Å². The van der Waals surface area contributed by atoms with Gasteiger partial charge in [0.2, 0.25) is 0 Å². The number of aliphatic hydroxyl groups excluding tert-OH is 1. The monoisotopic (exact) mass is 458 g/mol. The molecule has 1 fully saturated rings. The highest BCUT2D eigenvalue weighted by Gasteiger charge is 2.21. The van der Waals surface area contributed by atoms with Crippen LogP contribution in [0.15, 0.2) is 41.6 Å². The second-order valence-corrected chi connectivity index (χ2v) is 8.03. The first-order valence-electron chi connectivity index (χ1n) is 11.1. The molecule has 3 N–H and O–H groups in total. The van der Waals surface area contributed by atoms with Crippen LogP contribution in [0.25, 0.3) is 0 Å². The summed E-state index contributed by atoms with van der Waals surface area (Å²) in [6, 6.07) is 2.42. The summed E-state index contributed by atoms with van der Waals surface area (Å²) in [6.45, 7) is 1.26. The van der Waals surface area contributed by atoms with Crippen LogP contribution in [0.5, 0.6) is 11.5 Å². The highest BCUT2D eigenvalue weighted by Crippen LogP contribution is 2.29. The lowest BCUT2D eigenvalue weighted by atomic mass is 9.99. The Balaban J connectivity index is 1.83. The van der Waals surface area contributed by atoms with Crippen LogP contribution in [0, 0.1) is 0 Å². The fraction of sp³-hybridized carbons (Fsp3) is 0.458. The van der Waals surface area contributed by atoms with Crippen molar-refractivity contribution in [2.75, 3.05) is 26.3 Å². The molecule has 0 saturated carbocycles. The molecule has 178 valence electrons. The normalized spacial score (nSPS) is 23.2. The van der Waals surface area contributed by atoms with Crippen molar-refractivity contribution in [3.8, 4) is 11.5 Å². The number of carbonyl (C=O) groups is 2. The van der Waals surface area contributed by atoms with Crippen molar-refractivity contribution >= 4 is 17.6 Å². The number of aromatic hydroxyl groups is 2. The maximum Gasteiger partial charge on any atom is 0.342 e. The third-order valence-electron chi connectivity index (χ3n) is 5.40. The number of carbonyl (C=O) groups excluding carboxylic acids is 2. The lowest BCUT2D eigenvalue weighted by Crippen LogP contribution is -2.37. The van der Waals surface area contributed by atoms with Gasteiger partial charge in [0, 0.05) is 25.6 Å². The molecule has 0 bridgehead atoms. The van der Waals surface area contributed by atoms with Gasteiger partial charge in [-0.15, -0.1) is 0 Å². The zero-order valence-electron chi connectivity index (χ0n) is 18.5. The number of hydrogen-bond acceptors (Lipinski definition) is 8. The number of ether oxygens (including phenoxy) is 1. The van der Waals surface area contributed by atoms with E-state index in [1.807, 2.05) is 0 Å². The number of phenols is 2. The number of benzene rings is 1. The van der Waals surface area contributed by atoms with E-state index in [4.69, 9.17) is 9.57 Å². The van der Waals surface area contributed by atoms with E-state index >= 15 is 0 Å². The number of oxime groups is 1. The minimum absolute atomic E-state index is 0.0206. The standard InChI is InChI=1S/C24H30N2O7/c27-19-8-2-5-12-32-24(31)23-17(14-20(28)15-21(23)29)13-18(7-6-9-19)25-33-16-22(30)26-10-3-1-4-11-26/h2,6-8,14-15,19,27-29H,1,3-5,9-13,16H2/b7-6+,8-2+,25-18+. The number of aliphatic hydroxyl groups is 1. The van der Waals surface area contributed by atoms with Gasteiger partial charge in [-0.25, -0.2) is 4.79 Å². The van der Waals surface area contributed by atoms with Crippen molar-refractivity contribution in [2.24, 2.45) is 5.16 Å². The Hall–Kier alpha value is -3.33. The number of hydrogen-bond donors (Lipinski definition) is 3. The fourth-order valence-corrected chi connectivity index (χ4v) is 3.73. The summed E-state index contributed by atoms with van der Waals surface area (Å²) < 4.78 is 5.23. The highest BCUT2D eigenvalue weighted by molar-refractivity contribution is 6.00. The van der Waals surface area contributed by atoms with Gasteiger partial charge in [0.1, 0.15) is 17.1 Å². The molecule has 9 heteroatoms. The topological polar surface area (TPSA) is 129 Å². The highest BCUT2D eigenvalue weighted by atomic mass is 16.6. The van der Waals surface area contributed by atoms with E-state index in [1.54, 1.807) is 29.2 Å². The summed E-state index contributed by atoms with van der Waals surface area (Å²) in [7, 11) is 0. The largest absolute Gasteiger partial charge is 0.508 e. The molecule has 3 rings (SSSR count). The third-order valence-corrected chi connectivity index (χ3v) is 5.40. The van der Waals surface area contributed by atoms with E-state index in [0.29, 0.717) is 37.2 Å². The van der Waals surface area contributed by atoms with Crippen molar-refractivity contribution in [1.82, 2.24) is 4.90 Å². The molecule has 2 heterocycles. The number of allylic oxidation sites excluding steroid dienone is 1. The Bertz CT molecular complexity index is 933. The number of fused-ring (bicyclic) bond motifs is 1. The van der Waals surface area contributed by atoms with Crippen molar-refractivity contribution in [3.63, 3.8) is 0 Å². The smallest absolute Gasteiger partial charge is 0.342 e. The molecular formula is C24H30N2O7. The van der Waals surface area contributed by atoms with Crippen molar-refractivity contribution in [2.45, 2.75) is 44.6 Å². The molecule has 0 aliphatic carbocycles. The molecule has 2 aliphatic rings. The summed E-state index contributed by atoms with van der Waals surface area (Å²) >= 11 is 0. The summed E-state index contributed by atoms with van der Waals surface area (Å²) in [6.07, 6.45) is 9.72. The first-order chi connectivity index (χ1) is 15.9. The van der Waals surface area contributed by atoms with Crippen LogP contribution in [-0.4, -0.2) is 70.2 Å². The number of cyclic esters (lactones) is 1. The predicted molar refractivity (Wildman–Crippen MR) is 121 cm³/mol. The number of amides is 1. The Morgan fingerprint density at radius 1 is 1.18 bits per heavy atom. The van der Waals surface area contributed by atoms with Gasteiger partial charge in [-0.2, -0.15) is 0 Å². The second kappa shape index (κ2) is 12.1. The average Bonchev–Trinajstić information content (AvgIpc) is 2.78. The SMILES string of the molecule is O=C1OCC/C=C/C(O)C/C=C/C(=N\OCC(=O)N2CCCCC2)Cc2cc(O)cc(O)c21. The Morgan fingerprint density at radius 3 is 2.76 bits per heavy atom. The van der Waals surface area contributed by atoms with E-state index in [9.17, 15) is 24.9 Å². The number of esters is 1. The van der Waals surface area contributed by atoms with E-state index in [1.165, 1.54) is 6.07 Å². The molecule has 0 radical (unpaired) electrons. The maximum atomic E-state index is 12.6. The summed E-state index contributed by atoms with van der Waals surface area (Å²) in [5.74, 6) is -1.51. The molecule has 1 aromatic carbocycles. The van der Waals surface area contributed by atoms with Crippen LogP contribution in [0.3, 0.4) is 0 Å². The van der Waals surface area contributed by atoms with Crippen LogP contribution in [-0.2, 0) is 20.8 Å². The zero-order valence-corrected chi connectivity index (χ0v) is 18.5.